The molecule has 6 nitrogen and oxygen atoms in total. The third kappa shape index (κ3) is 4.69. The van der Waals surface area contributed by atoms with Gasteiger partial charge in [-0.15, -0.1) is 0 Å². The molecule has 0 spiro atoms. The van der Waals surface area contributed by atoms with Crippen LogP contribution in [0.1, 0.15) is 6.42 Å². The Hall–Kier alpha value is -1.63. The topological polar surface area (TPSA) is 65.0 Å². The largest absolute Gasteiger partial charge is 0.491 e. The Labute approximate surface area is 143 Å². The fraction of sp³-hybridized carbons (Fsp3) is 0.611. The van der Waals surface area contributed by atoms with Gasteiger partial charge in [0.25, 0.3) is 0 Å². The summed E-state index contributed by atoms with van der Waals surface area (Å²) in [6.07, 6.45) is 0.431. The van der Waals surface area contributed by atoms with Crippen molar-refractivity contribution in [1.29, 1.82) is 0 Å². The SMILES string of the molecule is O=C(C1CCNC1)N1CCN(CC(O)COc2ccccc2)CC1. The van der Waals surface area contributed by atoms with Crippen LogP contribution in [0.25, 0.3) is 0 Å². The van der Waals surface area contributed by atoms with Crippen LogP contribution in [-0.2, 0) is 4.79 Å². The molecular weight excluding hydrogens is 306 g/mol. The van der Waals surface area contributed by atoms with E-state index in [0.29, 0.717) is 6.54 Å². The summed E-state index contributed by atoms with van der Waals surface area (Å²) in [5.74, 6) is 1.21. The fourth-order valence-corrected chi connectivity index (χ4v) is 3.33. The number of hydrogen-bond donors (Lipinski definition) is 2. The van der Waals surface area contributed by atoms with E-state index < -0.39 is 6.10 Å². The quantitative estimate of drug-likeness (QED) is 0.778. The highest BCUT2D eigenvalue weighted by molar-refractivity contribution is 5.79. The minimum Gasteiger partial charge on any atom is -0.491 e. The molecule has 1 amide bonds. The number of aliphatic hydroxyl groups is 1. The first-order valence-corrected chi connectivity index (χ1v) is 8.80. The lowest BCUT2D eigenvalue weighted by atomic mass is 10.1. The van der Waals surface area contributed by atoms with E-state index >= 15 is 0 Å². The van der Waals surface area contributed by atoms with Crippen molar-refractivity contribution in [3.8, 4) is 5.75 Å². The lowest BCUT2D eigenvalue weighted by Gasteiger charge is -2.36. The Balaban J connectivity index is 1.36. The van der Waals surface area contributed by atoms with E-state index in [1.165, 1.54) is 0 Å². The van der Waals surface area contributed by atoms with Gasteiger partial charge in [0.05, 0.1) is 5.92 Å². The molecule has 1 aromatic carbocycles. The molecule has 0 saturated carbocycles. The van der Waals surface area contributed by atoms with Crippen LogP contribution in [0.5, 0.6) is 5.75 Å². The van der Waals surface area contributed by atoms with Crippen molar-refractivity contribution in [1.82, 2.24) is 15.1 Å². The zero-order chi connectivity index (χ0) is 16.8. The van der Waals surface area contributed by atoms with Gasteiger partial charge in [-0.25, -0.2) is 0 Å². The van der Waals surface area contributed by atoms with E-state index in [1.807, 2.05) is 35.2 Å². The van der Waals surface area contributed by atoms with Gasteiger partial charge in [-0.2, -0.15) is 0 Å². The van der Waals surface area contributed by atoms with E-state index in [0.717, 1.165) is 51.4 Å². The summed E-state index contributed by atoms with van der Waals surface area (Å²) < 4.78 is 5.59. The van der Waals surface area contributed by atoms with Gasteiger partial charge in [0.2, 0.25) is 5.91 Å². The Morgan fingerprint density at radius 2 is 2.00 bits per heavy atom. The summed E-state index contributed by atoms with van der Waals surface area (Å²) in [4.78, 5) is 16.6. The average Bonchev–Trinajstić information content (AvgIpc) is 3.16. The van der Waals surface area contributed by atoms with Crippen LogP contribution in [0.2, 0.25) is 0 Å². The Kier molecular flexibility index (Phi) is 6.07. The smallest absolute Gasteiger partial charge is 0.227 e. The molecule has 132 valence electrons. The summed E-state index contributed by atoms with van der Waals surface area (Å²) in [6, 6.07) is 9.53. The summed E-state index contributed by atoms with van der Waals surface area (Å²) in [5, 5.41) is 13.4. The minimum absolute atomic E-state index is 0.154. The Morgan fingerprint density at radius 3 is 2.67 bits per heavy atom. The maximum Gasteiger partial charge on any atom is 0.227 e. The van der Waals surface area contributed by atoms with Crippen molar-refractivity contribution in [2.45, 2.75) is 12.5 Å². The number of nitrogens with zero attached hydrogens (tertiary/aromatic N) is 2. The molecule has 2 N–H and O–H groups in total. The number of carbonyl (C=O) groups is 1. The number of carbonyl (C=O) groups excluding carboxylic acids is 1. The van der Waals surface area contributed by atoms with E-state index in [4.69, 9.17) is 4.74 Å². The lowest BCUT2D eigenvalue weighted by molar-refractivity contribution is -0.136. The molecule has 0 bridgehead atoms. The van der Waals surface area contributed by atoms with E-state index in [-0.39, 0.29) is 18.4 Å². The van der Waals surface area contributed by atoms with Gasteiger partial charge >= 0.3 is 0 Å². The van der Waals surface area contributed by atoms with Gasteiger partial charge in [-0.3, -0.25) is 9.69 Å². The van der Waals surface area contributed by atoms with Crippen LogP contribution < -0.4 is 10.1 Å². The van der Waals surface area contributed by atoms with Crippen LogP contribution in [-0.4, -0.2) is 79.3 Å². The second kappa shape index (κ2) is 8.46. The zero-order valence-corrected chi connectivity index (χ0v) is 14.1. The lowest BCUT2D eigenvalue weighted by Crippen LogP contribution is -2.52. The van der Waals surface area contributed by atoms with Gasteiger partial charge in [0.15, 0.2) is 0 Å². The number of hydrogen-bond acceptors (Lipinski definition) is 5. The van der Waals surface area contributed by atoms with E-state index in [9.17, 15) is 9.90 Å². The Bertz CT molecular complexity index is 512. The zero-order valence-electron chi connectivity index (χ0n) is 14.1. The maximum atomic E-state index is 12.4. The van der Waals surface area contributed by atoms with Crippen molar-refractivity contribution >= 4 is 5.91 Å². The van der Waals surface area contributed by atoms with Crippen molar-refractivity contribution in [3.63, 3.8) is 0 Å². The van der Waals surface area contributed by atoms with Crippen molar-refractivity contribution in [2.24, 2.45) is 5.92 Å². The Morgan fingerprint density at radius 1 is 1.25 bits per heavy atom. The van der Waals surface area contributed by atoms with Gasteiger partial charge in [0.1, 0.15) is 18.5 Å². The first-order chi connectivity index (χ1) is 11.7. The van der Waals surface area contributed by atoms with Crippen molar-refractivity contribution in [3.05, 3.63) is 30.3 Å². The molecule has 0 aliphatic carbocycles. The number of aliphatic hydroxyl groups excluding tert-OH is 1. The number of benzene rings is 1. The summed E-state index contributed by atoms with van der Waals surface area (Å²) in [5.41, 5.74) is 0. The third-order valence-electron chi connectivity index (χ3n) is 4.75. The van der Waals surface area contributed by atoms with Crippen molar-refractivity contribution in [2.75, 3.05) is 52.4 Å². The number of amides is 1. The molecule has 24 heavy (non-hydrogen) atoms. The fourth-order valence-electron chi connectivity index (χ4n) is 3.33. The van der Waals surface area contributed by atoms with Crippen LogP contribution in [0.15, 0.2) is 30.3 Å². The van der Waals surface area contributed by atoms with Crippen LogP contribution in [0.3, 0.4) is 0 Å². The van der Waals surface area contributed by atoms with Gasteiger partial charge in [-0.05, 0) is 25.1 Å². The standard InChI is InChI=1S/C18H27N3O3/c22-16(14-24-17-4-2-1-3-5-17)13-20-8-10-21(11-9-20)18(23)15-6-7-19-12-15/h1-5,15-16,19,22H,6-14H2. The summed E-state index contributed by atoms with van der Waals surface area (Å²) >= 11 is 0. The molecule has 6 heteroatoms. The highest BCUT2D eigenvalue weighted by Crippen LogP contribution is 2.14. The first-order valence-electron chi connectivity index (χ1n) is 8.80. The predicted octanol–water partition coefficient (Wildman–Crippen LogP) is 0.180. The molecular formula is C18H27N3O3. The average molecular weight is 333 g/mol. The number of para-hydroxylation sites is 1. The molecule has 2 unspecified atom stereocenters. The molecule has 2 saturated heterocycles. The highest BCUT2D eigenvalue weighted by atomic mass is 16.5. The van der Waals surface area contributed by atoms with E-state index in [2.05, 4.69) is 10.2 Å². The summed E-state index contributed by atoms with van der Waals surface area (Å²) in [7, 11) is 0. The number of ether oxygens (including phenoxy) is 1. The minimum atomic E-state index is -0.522. The molecule has 1 aromatic rings. The molecule has 2 aliphatic heterocycles. The molecule has 2 atom stereocenters. The van der Waals surface area contributed by atoms with E-state index in [1.54, 1.807) is 0 Å². The third-order valence-corrected chi connectivity index (χ3v) is 4.75. The summed E-state index contributed by atoms with van der Waals surface area (Å²) in [6.45, 7) is 5.76. The predicted molar refractivity (Wildman–Crippen MR) is 91.9 cm³/mol. The van der Waals surface area contributed by atoms with Crippen LogP contribution in [0, 0.1) is 5.92 Å². The first kappa shape index (κ1) is 17.2. The van der Waals surface area contributed by atoms with Crippen molar-refractivity contribution < 1.29 is 14.6 Å². The molecule has 2 aliphatic rings. The molecule has 2 fully saturated rings. The molecule has 3 rings (SSSR count). The number of β-amino-alcohol motifs (C(OH)–C–C–N with tert-alkyl or cyclic N) is 1. The molecule has 0 radical (unpaired) electrons. The second-order valence-electron chi connectivity index (χ2n) is 6.59. The molecule has 2 heterocycles. The number of nitrogens with one attached hydrogen (secondary N) is 1. The van der Waals surface area contributed by atoms with Gasteiger partial charge in [-0.1, -0.05) is 18.2 Å². The molecule has 0 aromatic heterocycles. The number of rotatable bonds is 6. The number of piperazine rings is 1. The second-order valence-corrected chi connectivity index (χ2v) is 6.59. The maximum absolute atomic E-state index is 12.4. The van der Waals surface area contributed by atoms with Gasteiger partial charge < -0.3 is 20.1 Å². The normalized spacial score (nSPS) is 23.2. The highest BCUT2D eigenvalue weighted by Gasteiger charge is 2.29. The van der Waals surface area contributed by atoms with Crippen LogP contribution in [0.4, 0.5) is 0 Å². The monoisotopic (exact) mass is 333 g/mol. The van der Waals surface area contributed by atoms with Crippen LogP contribution >= 0.6 is 0 Å². The van der Waals surface area contributed by atoms with Gasteiger partial charge in [0, 0.05) is 39.3 Å².